The third-order valence-corrected chi connectivity index (χ3v) is 4.75. The first kappa shape index (κ1) is 17.3. The molecule has 2 aromatic rings. The van der Waals surface area contributed by atoms with Gasteiger partial charge in [-0.25, -0.2) is 4.79 Å². The van der Waals surface area contributed by atoms with Crippen LogP contribution < -0.4 is 9.47 Å². The molecule has 1 aromatic carbocycles. The number of aryl methyl sites for hydroxylation is 1. The molecule has 0 saturated heterocycles. The van der Waals surface area contributed by atoms with Gasteiger partial charge in [0.05, 0.1) is 19.9 Å². The molecule has 1 aromatic heterocycles. The van der Waals surface area contributed by atoms with Crippen LogP contribution in [-0.2, 0) is 26.6 Å². The highest BCUT2D eigenvalue weighted by molar-refractivity contribution is 5.87. The minimum Gasteiger partial charge on any atom is -0.496 e. The van der Waals surface area contributed by atoms with E-state index in [9.17, 15) is 9.90 Å². The normalized spacial score (nSPS) is 14.2. The minimum atomic E-state index is -0.960. The molecule has 7 heteroatoms. The summed E-state index contributed by atoms with van der Waals surface area (Å²) in [6.45, 7) is 4.17. The second-order valence-electron chi connectivity index (χ2n) is 6.29. The number of fused-ring (bicyclic) bond motifs is 1. The molecule has 2 heterocycles. The Bertz CT molecular complexity index is 788. The quantitative estimate of drug-likeness (QED) is 0.893. The number of ether oxygens (including phenoxy) is 2. The maximum atomic E-state index is 11.3. The van der Waals surface area contributed by atoms with Crippen molar-refractivity contribution >= 4 is 5.97 Å². The molecule has 0 saturated carbocycles. The van der Waals surface area contributed by atoms with E-state index in [4.69, 9.17) is 9.47 Å². The highest BCUT2D eigenvalue weighted by Crippen LogP contribution is 2.31. The van der Waals surface area contributed by atoms with E-state index in [1.165, 1.54) is 0 Å². The number of methoxy groups -OCH3 is 2. The zero-order chi connectivity index (χ0) is 18.1. The topological polar surface area (TPSA) is 76.8 Å². The Balaban J connectivity index is 1.83. The lowest BCUT2D eigenvalue weighted by atomic mass is 10.0. The summed E-state index contributed by atoms with van der Waals surface area (Å²) < 4.78 is 12.6. The molecule has 0 aliphatic carbocycles. The van der Waals surface area contributed by atoms with Crippen LogP contribution in [0.5, 0.6) is 11.5 Å². The second-order valence-corrected chi connectivity index (χ2v) is 6.29. The van der Waals surface area contributed by atoms with Gasteiger partial charge >= 0.3 is 5.97 Å². The van der Waals surface area contributed by atoms with Crippen LogP contribution in [0.1, 0.15) is 32.9 Å². The molecule has 1 aliphatic heterocycles. The van der Waals surface area contributed by atoms with Crippen molar-refractivity contribution in [2.45, 2.75) is 26.4 Å². The van der Waals surface area contributed by atoms with Crippen LogP contribution in [0, 0.1) is 6.92 Å². The summed E-state index contributed by atoms with van der Waals surface area (Å²) in [6, 6.07) is 4.05. The third kappa shape index (κ3) is 3.19. The number of benzene rings is 1. The smallest absolute Gasteiger partial charge is 0.356 e. The van der Waals surface area contributed by atoms with Gasteiger partial charge in [-0.1, -0.05) is 0 Å². The summed E-state index contributed by atoms with van der Waals surface area (Å²) in [7, 11) is 5.11. The second kappa shape index (κ2) is 6.76. The molecule has 3 rings (SSSR count). The highest BCUT2D eigenvalue weighted by Gasteiger charge is 2.27. The van der Waals surface area contributed by atoms with Crippen LogP contribution in [0.3, 0.4) is 0 Å². The number of aromatic nitrogens is 2. The Hall–Kier alpha value is -2.54. The molecule has 0 unspecified atom stereocenters. The van der Waals surface area contributed by atoms with Crippen LogP contribution in [0.4, 0.5) is 0 Å². The van der Waals surface area contributed by atoms with Gasteiger partial charge in [0.2, 0.25) is 0 Å². The van der Waals surface area contributed by atoms with Crippen molar-refractivity contribution in [3.05, 3.63) is 40.2 Å². The molecule has 0 amide bonds. The SMILES string of the molecule is COc1cc(CN2CCc3c(C(=O)O)nn(C)c3C2)cc(OC)c1C. The lowest BCUT2D eigenvalue weighted by Crippen LogP contribution is -2.31. The molecule has 1 aliphatic rings. The Labute approximate surface area is 146 Å². The van der Waals surface area contributed by atoms with E-state index in [1.54, 1.807) is 25.9 Å². The first-order chi connectivity index (χ1) is 11.9. The number of carbonyl (C=O) groups is 1. The minimum absolute atomic E-state index is 0.177. The van der Waals surface area contributed by atoms with Gasteiger partial charge in [-0.3, -0.25) is 9.58 Å². The first-order valence-corrected chi connectivity index (χ1v) is 8.16. The van der Waals surface area contributed by atoms with E-state index in [1.807, 2.05) is 19.1 Å². The number of nitrogens with zero attached hydrogens (tertiary/aromatic N) is 3. The van der Waals surface area contributed by atoms with Gasteiger partial charge in [0.15, 0.2) is 5.69 Å². The fourth-order valence-electron chi connectivity index (χ4n) is 3.42. The van der Waals surface area contributed by atoms with E-state index < -0.39 is 5.97 Å². The predicted molar refractivity (Wildman–Crippen MR) is 92.3 cm³/mol. The fourth-order valence-corrected chi connectivity index (χ4v) is 3.42. The number of carboxylic acids is 1. The molecule has 0 fully saturated rings. The van der Waals surface area contributed by atoms with Gasteiger partial charge in [0, 0.05) is 37.8 Å². The van der Waals surface area contributed by atoms with Crippen molar-refractivity contribution < 1.29 is 19.4 Å². The summed E-state index contributed by atoms with van der Waals surface area (Å²) in [6.07, 6.45) is 0.685. The summed E-state index contributed by atoms with van der Waals surface area (Å²) in [5, 5.41) is 13.4. The summed E-state index contributed by atoms with van der Waals surface area (Å²) in [5.41, 5.74) is 4.08. The zero-order valence-electron chi connectivity index (χ0n) is 15.0. The van der Waals surface area contributed by atoms with Crippen LogP contribution >= 0.6 is 0 Å². The third-order valence-electron chi connectivity index (χ3n) is 4.75. The Morgan fingerprint density at radius 3 is 2.48 bits per heavy atom. The van der Waals surface area contributed by atoms with E-state index in [2.05, 4.69) is 10.00 Å². The Kier molecular flexibility index (Phi) is 4.67. The van der Waals surface area contributed by atoms with Crippen molar-refractivity contribution in [1.82, 2.24) is 14.7 Å². The number of hydrogen-bond donors (Lipinski definition) is 1. The van der Waals surface area contributed by atoms with E-state index in [0.717, 1.165) is 47.0 Å². The lowest BCUT2D eigenvalue weighted by molar-refractivity contribution is 0.0688. The predicted octanol–water partition coefficient (Wildman–Crippen LogP) is 2.00. The van der Waals surface area contributed by atoms with Crippen LogP contribution in [0.25, 0.3) is 0 Å². The van der Waals surface area contributed by atoms with Crippen molar-refractivity contribution in [2.75, 3.05) is 20.8 Å². The van der Waals surface area contributed by atoms with Crippen LogP contribution in [-0.4, -0.2) is 46.5 Å². The van der Waals surface area contributed by atoms with Crippen molar-refractivity contribution in [1.29, 1.82) is 0 Å². The number of hydrogen-bond acceptors (Lipinski definition) is 5. The standard InChI is InChI=1S/C18H23N3O4/c1-11-15(24-3)7-12(8-16(11)25-4)9-21-6-5-13-14(10-21)20(2)19-17(13)18(22)23/h7-8H,5-6,9-10H2,1-4H3,(H,22,23). The molecule has 0 bridgehead atoms. The molecular formula is C18H23N3O4. The van der Waals surface area contributed by atoms with Crippen LogP contribution in [0.2, 0.25) is 0 Å². The van der Waals surface area contributed by atoms with Crippen molar-refractivity contribution in [2.24, 2.45) is 7.05 Å². The zero-order valence-corrected chi connectivity index (χ0v) is 15.0. The monoisotopic (exact) mass is 345 g/mol. The number of aromatic carboxylic acids is 1. The maximum Gasteiger partial charge on any atom is 0.356 e. The van der Waals surface area contributed by atoms with Crippen molar-refractivity contribution in [3.8, 4) is 11.5 Å². The molecule has 7 nitrogen and oxygen atoms in total. The van der Waals surface area contributed by atoms with E-state index in [0.29, 0.717) is 13.0 Å². The number of carboxylic acid groups (broad SMARTS) is 1. The van der Waals surface area contributed by atoms with E-state index >= 15 is 0 Å². The van der Waals surface area contributed by atoms with Gasteiger partial charge in [0.1, 0.15) is 11.5 Å². The Morgan fingerprint density at radius 2 is 1.92 bits per heavy atom. The van der Waals surface area contributed by atoms with Gasteiger partial charge in [0.25, 0.3) is 0 Å². The molecule has 1 N–H and O–H groups in total. The van der Waals surface area contributed by atoms with Gasteiger partial charge in [-0.2, -0.15) is 5.10 Å². The lowest BCUT2D eigenvalue weighted by Gasteiger charge is -2.27. The van der Waals surface area contributed by atoms with Crippen LogP contribution in [0.15, 0.2) is 12.1 Å². The molecule has 25 heavy (non-hydrogen) atoms. The highest BCUT2D eigenvalue weighted by atomic mass is 16.5. The molecule has 0 radical (unpaired) electrons. The first-order valence-electron chi connectivity index (χ1n) is 8.16. The maximum absolute atomic E-state index is 11.3. The molecule has 134 valence electrons. The summed E-state index contributed by atoms with van der Waals surface area (Å²) >= 11 is 0. The number of rotatable bonds is 5. The van der Waals surface area contributed by atoms with Crippen molar-refractivity contribution in [3.63, 3.8) is 0 Å². The largest absolute Gasteiger partial charge is 0.496 e. The summed E-state index contributed by atoms with van der Waals surface area (Å²) in [5.74, 6) is 0.653. The van der Waals surface area contributed by atoms with Gasteiger partial charge in [-0.05, 0) is 31.0 Å². The molecule has 0 spiro atoms. The average molecular weight is 345 g/mol. The average Bonchev–Trinajstić information content (AvgIpc) is 2.93. The fraction of sp³-hybridized carbons (Fsp3) is 0.444. The summed E-state index contributed by atoms with van der Waals surface area (Å²) in [4.78, 5) is 13.6. The molecule has 0 atom stereocenters. The van der Waals surface area contributed by atoms with Gasteiger partial charge < -0.3 is 14.6 Å². The Morgan fingerprint density at radius 1 is 1.28 bits per heavy atom. The molecular weight excluding hydrogens is 322 g/mol. The van der Waals surface area contributed by atoms with Gasteiger partial charge in [-0.15, -0.1) is 0 Å². The van der Waals surface area contributed by atoms with E-state index in [-0.39, 0.29) is 5.69 Å².